The molecule has 3 heteroatoms. The molecule has 1 aliphatic rings. The minimum absolute atomic E-state index is 0.175. The van der Waals surface area contributed by atoms with E-state index in [0.717, 1.165) is 25.8 Å². The maximum absolute atomic E-state index is 11.1. The Kier molecular flexibility index (Phi) is 4.93. The van der Waals surface area contributed by atoms with Crippen LogP contribution in [0.1, 0.15) is 33.1 Å². The van der Waals surface area contributed by atoms with E-state index in [1.54, 1.807) is 0 Å². The molecule has 0 amide bonds. The van der Waals surface area contributed by atoms with Crippen molar-refractivity contribution in [2.24, 2.45) is 5.41 Å². The van der Waals surface area contributed by atoms with Crippen molar-refractivity contribution in [2.75, 3.05) is 33.7 Å². The summed E-state index contributed by atoms with van der Waals surface area (Å²) in [4.78, 5) is 15.8. The smallest absolute Gasteiger partial charge is 0.127 e. The highest BCUT2D eigenvalue weighted by atomic mass is 16.1. The molecule has 1 fully saturated rings. The van der Waals surface area contributed by atoms with Crippen LogP contribution in [0.2, 0.25) is 0 Å². The van der Waals surface area contributed by atoms with Crippen LogP contribution in [0.3, 0.4) is 0 Å². The fourth-order valence-corrected chi connectivity index (χ4v) is 2.48. The number of carbonyl (C=O) groups is 1. The topological polar surface area (TPSA) is 23.6 Å². The van der Waals surface area contributed by atoms with Crippen LogP contribution in [0, 0.1) is 5.41 Å². The summed E-state index contributed by atoms with van der Waals surface area (Å²) in [6.07, 6.45) is 4.64. The molecule has 94 valence electrons. The van der Waals surface area contributed by atoms with Gasteiger partial charge in [-0.2, -0.15) is 0 Å². The van der Waals surface area contributed by atoms with Gasteiger partial charge in [-0.15, -0.1) is 0 Å². The summed E-state index contributed by atoms with van der Waals surface area (Å²) in [7, 11) is 4.33. The van der Waals surface area contributed by atoms with Gasteiger partial charge in [-0.05, 0) is 39.9 Å². The first-order valence-corrected chi connectivity index (χ1v) is 6.36. The van der Waals surface area contributed by atoms with Gasteiger partial charge in [0, 0.05) is 24.5 Å². The number of carbonyl (C=O) groups excluding carboxylic acids is 1. The quantitative estimate of drug-likeness (QED) is 0.643. The summed E-state index contributed by atoms with van der Waals surface area (Å²) in [5, 5.41) is 0. The van der Waals surface area contributed by atoms with Crippen molar-refractivity contribution in [3.63, 3.8) is 0 Å². The molecular formula is C13H26N2O. The molecule has 1 heterocycles. The molecule has 3 nitrogen and oxygen atoms in total. The molecule has 0 aliphatic carbocycles. The number of aldehydes is 1. The van der Waals surface area contributed by atoms with Crippen LogP contribution in [0.25, 0.3) is 0 Å². The van der Waals surface area contributed by atoms with Crippen molar-refractivity contribution in [3.8, 4) is 0 Å². The highest BCUT2D eigenvalue weighted by Gasteiger charge is 2.27. The van der Waals surface area contributed by atoms with E-state index >= 15 is 0 Å². The lowest BCUT2D eigenvalue weighted by molar-refractivity contribution is -0.116. The number of nitrogens with zero attached hydrogens (tertiary/aromatic N) is 2. The van der Waals surface area contributed by atoms with E-state index in [9.17, 15) is 4.79 Å². The molecule has 0 aromatic rings. The zero-order chi connectivity index (χ0) is 12.2. The molecular weight excluding hydrogens is 200 g/mol. The van der Waals surface area contributed by atoms with Gasteiger partial charge >= 0.3 is 0 Å². The minimum Gasteiger partial charge on any atom is -0.304 e. The maximum Gasteiger partial charge on any atom is 0.127 e. The van der Waals surface area contributed by atoms with Gasteiger partial charge in [-0.1, -0.05) is 13.8 Å². The van der Waals surface area contributed by atoms with Gasteiger partial charge in [0.1, 0.15) is 6.29 Å². The van der Waals surface area contributed by atoms with Crippen LogP contribution in [-0.4, -0.2) is 55.9 Å². The number of rotatable bonds is 6. The molecule has 0 radical (unpaired) electrons. The lowest BCUT2D eigenvalue weighted by Crippen LogP contribution is -2.41. The number of hydrogen-bond donors (Lipinski definition) is 0. The first-order chi connectivity index (χ1) is 7.50. The third-order valence-electron chi connectivity index (χ3n) is 3.92. The Morgan fingerprint density at radius 2 is 2.25 bits per heavy atom. The Balaban J connectivity index is 2.40. The van der Waals surface area contributed by atoms with Crippen LogP contribution in [0.5, 0.6) is 0 Å². The number of likely N-dealkylation sites (N-methyl/N-ethyl adjacent to an activating group) is 2. The Bertz CT molecular complexity index is 232. The molecule has 0 spiro atoms. The van der Waals surface area contributed by atoms with Gasteiger partial charge in [-0.25, -0.2) is 0 Å². The van der Waals surface area contributed by atoms with Crippen LogP contribution >= 0.6 is 0 Å². The molecule has 0 N–H and O–H groups in total. The average molecular weight is 226 g/mol. The van der Waals surface area contributed by atoms with Crippen molar-refractivity contribution in [1.29, 1.82) is 0 Å². The zero-order valence-electron chi connectivity index (χ0n) is 11.2. The Morgan fingerprint density at radius 3 is 2.69 bits per heavy atom. The molecule has 0 aromatic carbocycles. The van der Waals surface area contributed by atoms with Crippen molar-refractivity contribution in [2.45, 2.75) is 39.2 Å². The summed E-state index contributed by atoms with van der Waals surface area (Å²) in [5.74, 6) is 0. The normalized spacial score (nSPS) is 25.9. The molecule has 1 aliphatic heterocycles. The van der Waals surface area contributed by atoms with Gasteiger partial charge in [0.15, 0.2) is 0 Å². The maximum atomic E-state index is 11.1. The van der Waals surface area contributed by atoms with Crippen molar-refractivity contribution >= 4 is 6.29 Å². The highest BCUT2D eigenvalue weighted by molar-refractivity contribution is 5.58. The van der Waals surface area contributed by atoms with E-state index in [2.05, 4.69) is 37.7 Å². The third kappa shape index (κ3) is 3.56. The van der Waals surface area contributed by atoms with E-state index in [0.29, 0.717) is 6.04 Å². The number of likely N-dealkylation sites (tertiary alicyclic amines) is 1. The van der Waals surface area contributed by atoms with Gasteiger partial charge in [-0.3, -0.25) is 0 Å². The van der Waals surface area contributed by atoms with Gasteiger partial charge < -0.3 is 14.6 Å². The third-order valence-corrected chi connectivity index (χ3v) is 3.92. The second kappa shape index (κ2) is 5.78. The molecule has 16 heavy (non-hydrogen) atoms. The Labute approximate surface area is 99.8 Å². The van der Waals surface area contributed by atoms with Crippen molar-refractivity contribution < 1.29 is 4.79 Å². The highest BCUT2D eigenvalue weighted by Crippen LogP contribution is 2.21. The summed E-state index contributed by atoms with van der Waals surface area (Å²) in [6.45, 7) is 7.31. The van der Waals surface area contributed by atoms with E-state index < -0.39 is 0 Å². The predicted molar refractivity (Wildman–Crippen MR) is 67.6 cm³/mol. The van der Waals surface area contributed by atoms with Crippen LogP contribution in [0.15, 0.2) is 0 Å². The second-order valence-corrected chi connectivity index (χ2v) is 5.60. The van der Waals surface area contributed by atoms with E-state index in [1.807, 2.05) is 0 Å². The van der Waals surface area contributed by atoms with E-state index in [-0.39, 0.29) is 5.41 Å². The summed E-state index contributed by atoms with van der Waals surface area (Å²) >= 11 is 0. The Morgan fingerprint density at radius 1 is 1.56 bits per heavy atom. The summed E-state index contributed by atoms with van der Waals surface area (Å²) < 4.78 is 0. The van der Waals surface area contributed by atoms with Crippen molar-refractivity contribution in [3.05, 3.63) is 0 Å². The van der Waals surface area contributed by atoms with E-state index in [4.69, 9.17) is 0 Å². The van der Waals surface area contributed by atoms with Crippen molar-refractivity contribution in [1.82, 2.24) is 9.80 Å². The van der Waals surface area contributed by atoms with Crippen LogP contribution in [-0.2, 0) is 4.79 Å². The predicted octanol–water partition coefficient (Wildman–Crippen LogP) is 1.63. The van der Waals surface area contributed by atoms with E-state index in [1.165, 1.54) is 19.4 Å². The number of hydrogen-bond acceptors (Lipinski definition) is 3. The van der Waals surface area contributed by atoms with Gasteiger partial charge in [0.2, 0.25) is 0 Å². The molecule has 0 aromatic heterocycles. The monoisotopic (exact) mass is 226 g/mol. The molecule has 1 rings (SSSR count). The molecule has 1 saturated heterocycles. The fourth-order valence-electron chi connectivity index (χ4n) is 2.48. The first-order valence-electron chi connectivity index (χ1n) is 6.36. The molecule has 0 bridgehead atoms. The SMILES string of the molecule is CCC(C)(C=O)CN(C)CC1CCCN1C. The molecule has 2 unspecified atom stereocenters. The lowest BCUT2D eigenvalue weighted by Gasteiger charge is -2.31. The van der Waals surface area contributed by atoms with Gasteiger partial charge in [0.25, 0.3) is 0 Å². The second-order valence-electron chi connectivity index (χ2n) is 5.60. The van der Waals surface area contributed by atoms with Crippen LogP contribution < -0.4 is 0 Å². The summed E-state index contributed by atoms with van der Waals surface area (Å²) in [6, 6.07) is 0.678. The first kappa shape index (κ1) is 13.7. The molecule has 0 saturated carbocycles. The molecule has 2 atom stereocenters. The largest absolute Gasteiger partial charge is 0.304 e. The van der Waals surface area contributed by atoms with Gasteiger partial charge in [0.05, 0.1) is 0 Å². The standard InChI is InChI=1S/C13H26N2O/c1-5-13(2,11-16)10-14(3)9-12-7-6-8-15(12)4/h11-12H,5-10H2,1-4H3. The average Bonchev–Trinajstić information content (AvgIpc) is 2.64. The van der Waals surface area contributed by atoms with Crippen LogP contribution in [0.4, 0.5) is 0 Å². The lowest BCUT2D eigenvalue weighted by atomic mass is 9.89. The zero-order valence-corrected chi connectivity index (χ0v) is 11.2. The Hall–Kier alpha value is -0.410. The fraction of sp³-hybridized carbons (Fsp3) is 0.923. The summed E-state index contributed by atoms with van der Waals surface area (Å²) in [5.41, 5.74) is -0.175. The minimum atomic E-state index is -0.175.